The Morgan fingerprint density at radius 1 is 1.14 bits per heavy atom. The second-order valence-electron chi connectivity index (χ2n) is 6.06. The van der Waals surface area contributed by atoms with E-state index >= 15 is 0 Å². The maximum atomic E-state index is 12.9. The third kappa shape index (κ3) is 3.00. The molecule has 0 aliphatic rings. The van der Waals surface area contributed by atoms with Crippen LogP contribution in [0, 0.1) is 0 Å². The van der Waals surface area contributed by atoms with E-state index < -0.39 is 11.0 Å². The van der Waals surface area contributed by atoms with Crippen LogP contribution in [0.3, 0.4) is 0 Å². The summed E-state index contributed by atoms with van der Waals surface area (Å²) in [6.07, 6.45) is 1.78. The fourth-order valence-electron chi connectivity index (χ4n) is 2.38. The average Bonchev–Trinajstić information content (AvgIpc) is 2.94. The summed E-state index contributed by atoms with van der Waals surface area (Å²) in [5.41, 5.74) is 6.01. The normalized spacial score (nSPS) is 14.5. The third-order valence-electron chi connectivity index (χ3n) is 3.38. The van der Waals surface area contributed by atoms with Gasteiger partial charge in [-0.25, -0.2) is 0 Å². The van der Waals surface area contributed by atoms with Gasteiger partial charge in [-0.2, -0.15) is 0 Å². The van der Waals surface area contributed by atoms with Gasteiger partial charge in [-0.1, -0.05) is 30.3 Å². The number of hydrogen-bond acceptors (Lipinski definition) is 3. The van der Waals surface area contributed by atoms with Gasteiger partial charge in [-0.15, -0.1) is 0 Å². The highest BCUT2D eigenvalue weighted by Crippen LogP contribution is 2.33. The summed E-state index contributed by atoms with van der Waals surface area (Å²) >= 11 is 0. The predicted octanol–water partition coefficient (Wildman–Crippen LogP) is 2.60. The number of nitrogens with one attached hydrogen (secondary N) is 1. The minimum Gasteiger partial charge on any atom is -0.459 e. The van der Waals surface area contributed by atoms with Crippen LogP contribution in [0.2, 0.25) is 0 Å². The molecule has 2 rings (SSSR count). The Balaban J connectivity index is 2.56. The minimum absolute atomic E-state index is 0.131. The van der Waals surface area contributed by atoms with E-state index in [9.17, 15) is 4.79 Å². The van der Waals surface area contributed by atoms with Gasteiger partial charge in [0.2, 0.25) is 0 Å². The molecule has 112 valence electrons. The summed E-state index contributed by atoms with van der Waals surface area (Å²) < 4.78 is 5.63. The van der Waals surface area contributed by atoms with Gasteiger partial charge in [0, 0.05) is 18.4 Å². The number of aromatic amines is 1. The number of aromatic nitrogens is 1. The molecule has 1 aromatic heterocycles. The average molecular weight is 286 g/mol. The highest BCUT2D eigenvalue weighted by molar-refractivity contribution is 5.87. The van der Waals surface area contributed by atoms with E-state index in [1.807, 2.05) is 63.2 Å². The van der Waals surface area contributed by atoms with Gasteiger partial charge >= 0.3 is 5.97 Å². The summed E-state index contributed by atoms with van der Waals surface area (Å²) in [5.74, 6) is -0.342. The van der Waals surface area contributed by atoms with Crippen molar-refractivity contribution in [3.8, 4) is 0 Å². The molecule has 3 N–H and O–H groups in total. The number of carbonyl (C=O) groups excluding carboxylic acids is 1. The number of benzene rings is 1. The summed E-state index contributed by atoms with van der Waals surface area (Å²) in [5, 5.41) is 0. The monoisotopic (exact) mass is 286 g/mol. The van der Waals surface area contributed by atoms with Gasteiger partial charge < -0.3 is 15.5 Å². The molecule has 1 unspecified atom stereocenters. The molecule has 21 heavy (non-hydrogen) atoms. The molecule has 4 nitrogen and oxygen atoms in total. The van der Waals surface area contributed by atoms with Crippen LogP contribution < -0.4 is 5.73 Å². The van der Waals surface area contributed by atoms with E-state index in [2.05, 4.69) is 4.98 Å². The zero-order chi connectivity index (χ0) is 15.5. The Morgan fingerprint density at radius 3 is 2.29 bits per heavy atom. The second-order valence-corrected chi connectivity index (χ2v) is 6.06. The first-order valence-corrected chi connectivity index (χ1v) is 7.03. The minimum atomic E-state index is -1.02. The molecule has 0 saturated heterocycles. The lowest BCUT2D eigenvalue weighted by molar-refractivity contribution is -0.160. The molecule has 0 radical (unpaired) electrons. The zero-order valence-electron chi connectivity index (χ0n) is 12.7. The molecule has 0 aliphatic carbocycles. The molecule has 1 aromatic carbocycles. The van der Waals surface area contributed by atoms with Crippen LogP contribution >= 0.6 is 0 Å². The second kappa shape index (κ2) is 5.74. The van der Waals surface area contributed by atoms with Crippen molar-refractivity contribution >= 4 is 5.97 Å². The van der Waals surface area contributed by atoms with Gasteiger partial charge in [0.05, 0.1) is 0 Å². The van der Waals surface area contributed by atoms with Gasteiger partial charge in [0.15, 0.2) is 0 Å². The summed E-state index contributed by atoms with van der Waals surface area (Å²) in [7, 11) is 0. The Labute approximate surface area is 125 Å². The lowest BCUT2D eigenvalue weighted by atomic mass is 9.77. The molecule has 2 aromatic rings. The first-order valence-electron chi connectivity index (χ1n) is 7.03. The van der Waals surface area contributed by atoms with Crippen LogP contribution in [-0.4, -0.2) is 23.1 Å². The molecule has 0 fully saturated rings. The van der Waals surface area contributed by atoms with Crippen molar-refractivity contribution in [1.82, 2.24) is 4.98 Å². The lowest BCUT2D eigenvalue weighted by Crippen LogP contribution is -2.47. The topological polar surface area (TPSA) is 68.1 Å². The number of ether oxygens (including phenoxy) is 1. The molecule has 0 amide bonds. The number of hydrogen-bond donors (Lipinski definition) is 2. The summed E-state index contributed by atoms with van der Waals surface area (Å²) in [6, 6.07) is 13.2. The predicted molar refractivity (Wildman–Crippen MR) is 82.9 cm³/mol. The molecule has 0 saturated carbocycles. The molecular formula is C17H22N2O2. The van der Waals surface area contributed by atoms with Crippen molar-refractivity contribution in [2.24, 2.45) is 5.73 Å². The van der Waals surface area contributed by atoms with Crippen LogP contribution in [0.15, 0.2) is 48.7 Å². The molecule has 0 spiro atoms. The number of H-pyrrole nitrogens is 1. The van der Waals surface area contributed by atoms with Crippen molar-refractivity contribution in [3.63, 3.8) is 0 Å². The molecule has 4 heteroatoms. The Morgan fingerprint density at radius 2 is 1.81 bits per heavy atom. The Kier molecular flexibility index (Phi) is 4.19. The smallest absolute Gasteiger partial charge is 0.324 e. The van der Waals surface area contributed by atoms with E-state index in [1.54, 1.807) is 6.20 Å². The van der Waals surface area contributed by atoms with Gasteiger partial charge in [0.1, 0.15) is 11.0 Å². The van der Waals surface area contributed by atoms with Crippen molar-refractivity contribution in [3.05, 3.63) is 59.9 Å². The van der Waals surface area contributed by atoms with Gasteiger partial charge in [0.25, 0.3) is 0 Å². The van der Waals surface area contributed by atoms with Gasteiger partial charge in [-0.05, 0) is 38.5 Å². The first kappa shape index (κ1) is 15.3. The summed E-state index contributed by atoms with van der Waals surface area (Å²) in [6.45, 7) is 5.69. The highest BCUT2D eigenvalue weighted by Gasteiger charge is 2.44. The van der Waals surface area contributed by atoms with Crippen LogP contribution in [0.25, 0.3) is 0 Å². The van der Waals surface area contributed by atoms with Crippen LogP contribution in [-0.2, 0) is 14.9 Å². The van der Waals surface area contributed by atoms with Crippen LogP contribution in [0.1, 0.15) is 32.0 Å². The van der Waals surface area contributed by atoms with Crippen LogP contribution in [0.4, 0.5) is 0 Å². The number of rotatable bonds is 4. The Bertz CT molecular complexity index is 585. The standard InChI is InChI=1S/C17H22N2O2/c1-16(2,3)21-15(20)17(12-18,14-10-7-11-19-14)13-8-5-4-6-9-13/h4-11,19H,12,18H2,1-3H3. The fourth-order valence-corrected chi connectivity index (χ4v) is 2.38. The molecule has 0 aliphatic heterocycles. The van der Waals surface area contributed by atoms with E-state index in [-0.39, 0.29) is 12.5 Å². The Hall–Kier alpha value is -2.07. The molecule has 1 heterocycles. The van der Waals surface area contributed by atoms with Crippen molar-refractivity contribution < 1.29 is 9.53 Å². The maximum absolute atomic E-state index is 12.9. The SMILES string of the molecule is CC(C)(C)OC(=O)C(CN)(c1ccccc1)c1ccc[nH]1. The van der Waals surface area contributed by atoms with Crippen molar-refractivity contribution in [2.75, 3.05) is 6.54 Å². The van der Waals surface area contributed by atoms with E-state index in [0.29, 0.717) is 0 Å². The fraction of sp³-hybridized carbons (Fsp3) is 0.353. The molecular weight excluding hydrogens is 264 g/mol. The van der Waals surface area contributed by atoms with E-state index in [4.69, 9.17) is 10.5 Å². The van der Waals surface area contributed by atoms with Crippen molar-refractivity contribution in [1.29, 1.82) is 0 Å². The summed E-state index contributed by atoms with van der Waals surface area (Å²) in [4.78, 5) is 16.0. The first-order chi connectivity index (χ1) is 9.90. The largest absolute Gasteiger partial charge is 0.459 e. The third-order valence-corrected chi connectivity index (χ3v) is 3.38. The van der Waals surface area contributed by atoms with Gasteiger partial charge in [-0.3, -0.25) is 4.79 Å². The van der Waals surface area contributed by atoms with E-state index in [0.717, 1.165) is 11.3 Å². The zero-order valence-corrected chi connectivity index (χ0v) is 12.7. The number of nitrogens with two attached hydrogens (primary N) is 1. The quantitative estimate of drug-likeness (QED) is 0.849. The molecule has 0 bridgehead atoms. The molecule has 1 atom stereocenters. The number of carbonyl (C=O) groups is 1. The highest BCUT2D eigenvalue weighted by atomic mass is 16.6. The lowest BCUT2D eigenvalue weighted by Gasteiger charge is -2.33. The van der Waals surface area contributed by atoms with Crippen molar-refractivity contribution in [2.45, 2.75) is 31.8 Å². The van der Waals surface area contributed by atoms with E-state index in [1.165, 1.54) is 0 Å². The van der Waals surface area contributed by atoms with Crippen LogP contribution in [0.5, 0.6) is 0 Å². The maximum Gasteiger partial charge on any atom is 0.324 e. The number of esters is 1.